The van der Waals surface area contributed by atoms with Gasteiger partial charge in [-0.1, -0.05) is 6.92 Å². The molecule has 6 heteroatoms. The average Bonchev–Trinajstić information content (AvgIpc) is 2.75. The van der Waals surface area contributed by atoms with Gasteiger partial charge in [0.15, 0.2) is 5.65 Å². The summed E-state index contributed by atoms with van der Waals surface area (Å²) in [5.74, 6) is 0.764. The van der Waals surface area contributed by atoms with Crippen molar-refractivity contribution in [3.8, 4) is 0 Å². The smallest absolute Gasteiger partial charge is 0.332 e. The van der Waals surface area contributed by atoms with Gasteiger partial charge in [-0.15, -0.1) is 0 Å². The fraction of sp³-hybridized carbons (Fsp3) is 0.583. The van der Waals surface area contributed by atoms with Gasteiger partial charge in [0.2, 0.25) is 0 Å². The van der Waals surface area contributed by atoms with Gasteiger partial charge in [0, 0.05) is 19.5 Å². The third-order valence-electron chi connectivity index (χ3n) is 3.03. The van der Waals surface area contributed by atoms with Crippen molar-refractivity contribution in [2.45, 2.75) is 46.7 Å². The Bertz CT molecular complexity index is 678. The van der Waals surface area contributed by atoms with Crippen LogP contribution in [0.4, 0.5) is 0 Å². The SMILES string of the molecule is CCCc1nc2c([nH]1)c(=O)n(CC)c(=O)n2CC. The zero-order valence-electron chi connectivity index (χ0n) is 11.0. The van der Waals surface area contributed by atoms with Gasteiger partial charge in [-0.2, -0.15) is 0 Å². The van der Waals surface area contributed by atoms with E-state index in [9.17, 15) is 9.59 Å². The van der Waals surface area contributed by atoms with Crippen molar-refractivity contribution >= 4 is 11.2 Å². The fourth-order valence-electron chi connectivity index (χ4n) is 2.13. The highest BCUT2D eigenvalue weighted by Gasteiger charge is 2.15. The minimum Gasteiger partial charge on any atom is -0.336 e. The molecule has 0 saturated carbocycles. The van der Waals surface area contributed by atoms with Gasteiger partial charge in [-0.05, 0) is 20.3 Å². The van der Waals surface area contributed by atoms with Crippen molar-refractivity contribution in [3.63, 3.8) is 0 Å². The van der Waals surface area contributed by atoms with Gasteiger partial charge in [0.25, 0.3) is 5.56 Å². The molecule has 0 unspecified atom stereocenters. The molecule has 0 fully saturated rings. The number of nitrogens with zero attached hydrogens (tertiary/aromatic N) is 3. The second kappa shape index (κ2) is 4.80. The molecule has 0 spiro atoms. The van der Waals surface area contributed by atoms with Crippen LogP contribution in [0.5, 0.6) is 0 Å². The Labute approximate surface area is 104 Å². The van der Waals surface area contributed by atoms with Crippen LogP contribution in [-0.4, -0.2) is 19.1 Å². The van der Waals surface area contributed by atoms with Crippen molar-refractivity contribution in [2.75, 3.05) is 0 Å². The molecule has 2 aromatic heterocycles. The van der Waals surface area contributed by atoms with Gasteiger partial charge in [0.1, 0.15) is 11.3 Å². The van der Waals surface area contributed by atoms with E-state index in [2.05, 4.69) is 9.97 Å². The third kappa shape index (κ3) is 1.77. The van der Waals surface area contributed by atoms with Gasteiger partial charge >= 0.3 is 5.69 Å². The van der Waals surface area contributed by atoms with Crippen LogP contribution < -0.4 is 11.2 Å². The summed E-state index contributed by atoms with van der Waals surface area (Å²) in [5.41, 5.74) is 0.339. The van der Waals surface area contributed by atoms with Crippen LogP contribution in [0.2, 0.25) is 0 Å². The van der Waals surface area contributed by atoms with Crippen LogP contribution in [0.1, 0.15) is 33.0 Å². The van der Waals surface area contributed by atoms with Crippen molar-refractivity contribution < 1.29 is 0 Å². The van der Waals surface area contributed by atoms with Crippen molar-refractivity contribution in [2.24, 2.45) is 0 Å². The maximum Gasteiger partial charge on any atom is 0.332 e. The van der Waals surface area contributed by atoms with E-state index in [0.717, 1.165) is 18.7 Å². The quantitative estimate of drug-likeness (QED) is 0.875. The zero-order valence-corrected chi connectivity index (χ0v) is 11.0. The van der Waals surface area contributed by atoms with Crippen LogP contribution in [0.25, 0.3) is 11.2 Å². The number of H-pyrrole nitrogens is 1. The molecule has 98 valence electrons. The van der Waals surface area contributed by atoms with Crippen molar-refractivity contribution in [3.05, 3.63) is 26.7 Å². The predicted octanol–water partition coefficient (Wildman–Crippen LogP) is 0.879. The number of hydrogen-bond acceptors (Lipinski definition) is 3. The highest BCUT2D eigenvalue weighted by atomic mass is 16.2. The number of imidazole rings is 1. The summed E-state index contributed by atoms with van der Waals surface area (Å²) in [6, 6.07) is 0. The molecule has 0 aliphatic rings. The van der Waals surface area contributed by atoms with E-state index < -0.39 is 0 Å². The molecule has 0 amide bonds. The molecule has 2 aromatic rings. The number of nitrogens with one attached hydrogen (secondary N) is 1. The first-order valence-corrected chi connectivity index (χ1v) is 6.36. The van der Waals surface area contributed by atoms with Gasteiger partial charge in [-0.25, -0.2) is 9.78 Å². The third-order valence-corrected chi connectivity index (χ3v) is 3.03. The summed E-state index contributed by atoms with van der Waals surface area (Å²) >= 11 is 0. The minimum atomic E-state index is -0.285. The summed E-state index contributed by atoms with van der Waals surface area (Å²) in [6.07, 6.45) is 1.72. The average molecular weight is 250 g/mol. The largest absolute Gasteiger partial charge is 0.336 e. The Morgan fingerprint density at radius 1 is 1.11 bits per heavy atom. The number of aromatic amines is 1. The van der Waals surface area contributed by atoms with E-state index >= 15 is 0 Å². The molecular weight excluding hydrogens is 232 g/mol. The minimum absolute atomic E-state index is 0.281. The Hall–Kier alpha value is -1.85. The van der Waals surface area contributed by atoms with E-state index in [1.54, 1.807) is 6.92 Å². The van der Waals surface area contributed by atoms with Crippen LogP contribution in [-0.2, 0) is 19.5 Å². The molecule has 0 radical (unpaired) electrons. The first kappa shape index (κ1) is 12.6. The first-order chi connectivity index (χ1) is 8.63. The van der Waals surface area contributed by atoms with Crippen molar-refractivity contribution in [1.29, 1.82) is 0 Å². The maximum atomic E-state index is 12.1. The van der Waals surface area contributed by atoms with Gasteiger partial charge < -0.3 is 4.98 Å². The molecule has 0 saturated heterocycles. The lowest BCUT2D eigenvalue weighted by Gasteiger charge is -2.06. The van der Waals surface area contributed by atoms with E-state index in [-0.39, 0.29) is 11.2 Å². The van der Waals surface area contributed by atoms with E-state index in [1.807, 2.05) is 13.8 Å². The van der Waals surface area contributed by atoms with E-state index in [1.165, 1.54) is 9.13 Å². The normalized spacial score (nSPS) is 11.3. The van der Waals surface area contributed by atoms with Crippen LogP contribution in [0.15, 0.2) is 9.59 Å². The lowest BCUT2D eigenvalue weighted by Crippen LogP contribution is -2.39. The fourth-order valence-corrected chi connectivity index (χ4v) is 2.13. The van der Waals surface area contributed by atoms with E-state index in [0.29, 0.717) is 24.3 Å². The van der Waals surface area contributed by atoms with Crippen molar-refractivity contribution in [1.82, 2.24) is 19.1 Å². The van der Waals surface area contributed by atoms with Crippen LogP contribution in [0.3, 0.4) is 0 Å². The maximum absolute atomic E-state index is 12.1. The van der Waals surface area contributed by atoms with Crippen LogP contribution >= 0.6 is 0 Å². The number of aromatic nitrogens is 4. The molecule has 2 heterocycles. The lowest BCUT2D eigenvalue weighted by atomic mass is 10.3. The Balaban J connectivity index is 2.86. The highest BCUT2D eigenvalue weighted by molar-refractivity contribution is 5.69. The predicted molar refractivity (Wildman–Crippen MR) is 70.0 cm³/mol. The molecule has 6 nitrogen and oxygen atoms in total. The molecule has 0 bridgehead atoms. The monoisotopic (exact) mass is 250 g/mol. The molecule has 2 rings (SSSR count). The molecular formula is C12H18N4O2. The summed E-state index contributed by atoms with van der Waals surface area (Å²) < 4.78 is 2.77. The first-order valence-electron chi connectivity index (χ1n) is 6.36. The lowest BCUT2D eigenvalue weighted by molar-refractivity contribution is 0.605. The van der Waals surface area contributed by atoms with Gasteiger partial charge in [-0.3, -0.25) is 13.9 Å². The molecule has 1 N–H and O–H groups in total. The van der Waals surface area contributed by atoms with E-state index in [4.69, 9.17) is 0 Å². The number of fused-ring (bicyclic) bond motifs is 1. The second-order valence-electron chi connectivity index (χ2n) is 4.21. The molecule has 0 aliphatic heterocycles. The number of hydrogen-bond donors (Lipinski definition) is 1. The Morgan fingerprint density at radius 2 is 1.78 bits per heavy atom. The summed E-state index contributed by atoms with van der Waals surface area (Å²) in [7, 11) is 0. The Kier molecular flexibility index (Phi) is 3.36. The summed E-state index contributed by atoms with van der Waals surface area (Å²) in [6.45, 7) is 6.59. The molecule has 18 heavy (non-hydrogen) atoms. The molecule has 0 aliphatic carbocycles. The standard InChI is InChI=1S/C12H18N4O2/c1-4-7-8-13-9-10(14-8)15(5-2)12(18)16(6-3)11(9)17/h4-7H2,1-3H3,(H,13,14). The van der Waals surface area contributed by atoms with Crippen LogP contribution in [0, 0.1) is 0 Å². The zero-order chi connectivity index (χ0) is 13.3. The molecule has 0 atom stereocenters. The number of aryl methyl sites for hydroxylation is 2. The summed E-state index contributed by atoms with van der Waals surface area (Å²) in [5, 5.41) is 0. The Morgan fingerprint density at radius 3 is 2.33 bits per heavy atom. The number of rotatable bonds is 4. The van der Waals surface area contributed by atoms with Gasteiger partial charge in [0.05, 0.1) is 0 Å². The highest BCUT2D eigenvalue weighted by Crippen LogP contribution is 2.07. The second-order valence-corrected chi connectivity index (χ2v) is 4.21. The topological polar surface area (TPSA) is 72.7 Å². The summed E-state index contributed by atoms with van der Waals surface area (Å²) in [4.78, 5) is 31.7. The molecule has 0 aromatic carbocycles.